The van der Waals surface area contributed by atoms with Gasteiger partial charge in [0, 0.05) is 18.0 Å². The Kier molecular flexibility index (Phi) is 10.7. The van der Waals surface area contributed by atoms with E-state index in [0.717, 1.165) is 12.1 Å². The van der Waals surface area contributed by atoms with Crippen molar-refractivity contribution in [3.05, 3.63) is 41.1 Å². The zero-order chi connectivity index (χ0) is 31.8. The summed E-state index contributed by atoms with van der Waals surface area (Å²) in [4.78, 5) is 0. The molecule has 0 aliphatic heterocycles. The number of halogens is 13. The Morgan fingerprint density at radius 1 is 0.650 bits per heavy atom. The van der Waals surface area contributed by atoms with Crippen LogP contribution in [-0.4, -0.2) is 61.7 Å². The van der Waals surface area contributed by atoms with E-state index in [1.54, 1.807) is 0 Å². The monoisotopic (exact) mass is 656 g/mol. The van der Waals surface area contributed by atoms with Crippen molar-refractivity contribution >= 4 is 32.0 Å². The highest BCUT2D eigenvalue weighted by Gasteiger charge is 2.86. The maximum Gasteiger partial charge on any atom is 0.389 e. The lowest BCUT2D eigenvalue weighted by atomic mass is 9.91. The largest absolute Gasteiger partial charge is 0.436 e. The van der Waals surface area contributed by atoms with Crippen molar-refractivity contribution in [2.24, 2.45) is 0 Å². The molecule has 0 aromatic heterocycles. The average molecular weight is 657 g/mol. The molecule has 0 saturated heterocycles. The highest BCUT2D eigenvalue weighted by atomic mass is 28.4. The van der Waals surface area contributed by atoms with E-state index in [4.69, 9.17) is 8.23 Å². The van der Waals surface area contributed by atoms with Crippen molar-refractivity contribution in [2.75, 3.05) is 0 Å². The first-order valence-corrected chi connectivity index (χ1v) is 19.9. The molecular weight excluding hydrogens is 627 g/mol. The molecule has 0 unspecified atom stereocenters. The Bertz CT molecular complexity index is 1000. The van der Waals surface area contributed by atoms with Gasteiger partial charge in [0.25, 0.3) is 0 Å². The van der Waals surface area contributed by atoms with E-state index in [-0.39, 0.29) is 5.56 Å². The van der Waals surface area contributed by atoms with E-state index in [1.807, 2.05) is 0 Å². The second-order valence-corrected chi connectivity index (χ2v) is 22.5. The highest BCUT2D eigenvalue weighted by molar-refractivity contribution is 6.83. The van der Waals surface area contributed by atoms with Crippen LogP contribution in [0.4, 0.5) is 57.1 Å². The Labute approximate surface area is 226 Å². The molecule has 0 saturated carbocycles. The molecule has 1 aromatic rings. The van der Waals surface area contributed by atoms with Crippen LogP contribution in [0.5, 0.6) is 0 Å². The molecule has 0 radical (unpaired) electrons. The minimum Gasteiger partial charge on any atom is -0.436 e. The molecule has 40 heavy (non-hydrogen) atoms. The highest BCUT2D eigenvalue weighted by Crippen LogP contribution is 2.60. The van der Waals surface area contributed by atoms with Gasteiger partial charge in [0.15, 0.2) is 16.6 Å². The molecule has 0 spiro atoms. The van der Waals surface area contributed by atoms with E-state index < -0.39 is 79.7 Å². The van der Waals surface area contributed by atoms with E-state index in [0.29, 0.717) is 6.08 Å². The number of allylic oxidation sites excluding steroid dienone is 1. The van der Waals surface area contributed by atoms with Crippen LogP contribution in [0.15, 0.2) is 35.5 Å². The topological polar surface area (TPSA) is 18.5 Å². The van der Waals surface area contributed by atoms with Crippen LogP contribution in [-0.2, 0) is 8.23 Å². The van der Waals surface area contributed by atoms with Gasteiger partial charge in [-0.2, -0.15) is 57.1 Å². The lowest BCUT2D eigenvalue weighted by Crippen LogP contribution is -2.68. The Morgan fingerprint density at radius 3 is 1.45 bits per heavy atom. The average Bonchev–Trinajstić information content (AvgIpc) is 2.73. The smallest absolute Gasteiger partial charge is 0.389 e. The maximum atomic E-state index is 15.6. The van der Waals surface area contributed by atoms with Crippen LogP contribution in [0.3, 0.4) is 0 Å². The summed E-state index contributed by atoms with van der Waals surface area (Å²) in [6, 6.07) is 6.05. The van der Waals surface area contributed by atoms with Crippen LogP contribution in [0.2, 0.25) is 39.3 Å². The van der Waals surface area contributed by atoms with E-state index in [9.17, 15) is 39.5 Å². The molecule has 0 atom stereocenters. The maximum absolute atomic E-state index is 15.6. The zero-order valence-corrected chi connectivity index (χ0v) is 25.3. The molecular formula is C22H29F13O2Si3. The molecule has 0 N–H and O–H groups in total. The number of hydrogen-bond donors (Lipinski definition) is 0. The summed E-state index contributed by atoms with van der Waals surface area (Å²) in [5.74, 6) is -34.8. The lowest BCUT2D eigenvalue weighted by Gasteiger charge is -2.42. The Balaban J connectivity index is 3.87. The van der Waals surface area contributed by atoms with Crippen molar-refractivity contribution in [1.82, 2.24) is 0 Å². The minimum absolute atomic E-state index is 0.283. The minimum atomic E-state index is -7.54. The van der Waals surface area contributed by atoms with Crippen molar-refractivity contribution in [1.29, 1.82) is 0 Å². The molecule has 0 amide bonds. The predicted octanol–water partition coefficient (Wildman–Crippen LogP) is 9.05. The SMILES string of the molecule is C[Si](C)(C)O[SiH](O[Si](C)(C)C)C(=Cc1ccccc1)C(F)(F)C(F)(F)C(F)(F)C(F)(F)C(F)(F)CCC(F)(F)F. The Hall–Kier alpha value is -1.38. The van der Waals surface area contributed by atoms with Gasteiger partial charge in [0.05, 0.1) is 0 Å². The zero-order valence-electron chi connectivity index (χ0n) is 22.2. The summed E-state index contributed by atoms with van der Waals surface area (Å²) >= 11 is 0. The summed E-state index contributed by atoms with van der Waals surface area (Å²) < 4.78 is 195. The van der Waals surface area contributed by atoms with Crippen LogP contribution in [0.1, 0.15) is 18.4 Å². The quantitative estimate of drug-likeness (QED) is 0.156. The van der Waals surface area contributed by atoms with Crippen molar-refractivity contribution in [3.63, 3.8) is 0 Å². The summed E-state index contributed by atoms with van der Waals surface area (Å²) in [5.41, 5.74) is -0.283. The van der Waals surface area contributed by atoms with Gasteiger partial charge in [-0.1, -0.05) is 30.3 Å². The summed E-state index contributed by atoms with van der Waals surface area (Å²) in [5, 5.41) is -1.93. The van der Waals surface area contributed by atoms with Crippen molar-refractivity contribution < 1.29 is 65.3 Å². The third kappa shape index (κ3) is 8.57. The second kappa shape index (κ2) is 11.7. The molecule has 0 aliphatic carbocycles. The van der Waals surface area contributed by atoms with E-state index >= 15 is 17.6 Å². The fraction of sp³-hybridized carbons (Fsp3) is 0.636. The fourth-order valence-electron chi connectivity index (χ4n) is 3.09. The van der Waals surface area contributed by atoms with Gasteiger partial charge < -0.3 is 8.23 Å². The molecule has 0 heterocycles. The third-order valence-corrected chi connectivity index (χ3v) is 13.4. The van der Waals surface area contributed by atoms with Crippen molar-refractivity contribution in [3.8, 4) is 0 Å². The first-order chi connectivity index (χ1) is 17.5. The van der Waals surface area contributed by atoms with Crippen molar-refractivity contribution in [2.45, 2.75) is 87.9 Å². The molecule has 0 fully saturated rings. The van der Waals surface area contributed by atoms with Crippen LogP contribution < -0.4 is 0 Å². The molecule has 2 nitrogen and oxygen atoms in total. The van der Waals surface area contributed by atoms with Gasteiger partial charge in [-0.3, -0.25) is 0 Å². The first-order valence-electron chi connectivity index (χ1n) is 11.6. The van der Waals surface area contributed by atoms with Crippen LogP contribution >= 0.6 is 0 Å². The van der Waals surface area contributed by atoms with Crippen LogP contribution in [0.25, 0.3) is 6.08 Å². The number of benzene rings is 1. The van der Waals surface area contributed by atoms with Gasteiger partial charge in [0.2, 0.25) is 0 Å². The summed E-state index contributed by atoms with van der Waals surface area (Å²) in [7, 11) is -10.4. The molecule has 232 valence electrons. The third-order valence-electron chi connectivity index (χ3n) is 5.02. The van der Waals surface area contributed by atoms with E-state index in [1.165, 1.54) is 57.5 Å². The van der Waals surface area contributed by atoms with Gasteiger partial charge in [-0.05, 0) is 50.9 Å². The van der Waals surface area contributed by atoms with Gasteiger partial charge in [-0.25, -0.2) is 0 Å². The van der Waals surface area contributed by atoms with Gasteiger partial charge in [-0.15, -0.1) is 0 Å². The number of hydrogen-bond acceptors (Lipinski definition) is 2. The van der Waals surface area contributed by atoms with Crippen LogP contribution in [0, 0.1) is 0 Å². The molecule has 18 heteroatoms. The standard InChI is InChI=1S/C22H29F13O2Si3/c1-39(2,3)36-38(37-40(4,5)6)16(14-15-10-8-7-9-11-15)19(28,29)21(32,33)22(34,35)20(30,31)17(23,24)12-13-18(25,26)27/h7-11,14,38H,12-13H2,1-6H3. The second-order valence-electron chi connectivity index (χ2n) is 10.9. The Morgan fingerprint density at radius 2 is 1.07 bits per heavy atom. The predicted molar refractivity (Wildman–Crippen MR) is 130 cm³/mol. The molecule has 0 aliphatic rings. The number of rotatable bonds is 13. The van der Waals surface area contributed by atoms with E-state index in [2.05, 4.69) is 0 Å². The fourth-order valence-corrected chi connectivity index (χ4v) is 10.7. The number of alkyl halides is 13. The molecule has 0 bridgehead atoms. The van der Waals surface area contributed by atoms with Gasteiger partial charge >= 0.3 is 45.1 Å². The molecule has 1 rings (SSSR count). The van der Waals surface area contributed by atoms with Gasteiger partial charge in [0.1, 0.15) is 0 Å². The molecule has 1 aromatic carbocycles. The first kappa shape index (κ1) is 36.6. The normalized spacial score (nSPS) is 15.7. The summed E-state index contributed by atoms with van der Waals surface area (Å²) in [6.07, 6.45) is -11.1. The summed E-state index contributed by atoms with van der Waals surface area (Å²) in [6.45, 7) is 8.51. The lowest BCUT2D eigenvalue weighted by molar-refractivity contribution is -0.397.